The van der Waals surface area contributed by atoms with Gasteiger partial charge in [0.15, 0.2) is 11.5 Å². The summed E-state index contributed by atoms with van der Waals surface area (Å²) < 4.78 is 16.7. The molecule has 0 bridgehead atoms. The second kappa shape index (κ2) is 11.7. The molecular formula is C21H22BrNO6S. The first-order chi connectivity index (χ1) is 14.4. The topological polar surface area (TPSA) is 82.1 Å². The molecule has 1 aliphatic heterocycles. The molecule has 1 aliphatic rings. The lowest BCUT2D eigenvalue weighted by molar-refractivity contribution is -0.146. The zero-order valence-electron chi connectivity index (χ0n) is 16.7. The van der Waals surface area contributed by atoms with Crippen molar-refractivity contribution in [2.45, 2.75) is 26.7 Å². The molecule has 0 atom stereocenters. The molecule has 1 aromatic rings. The molecule has 1 saturated heterocycles. The van der Waals surface area contributed by atoms with Crippen LogP contribution < -0.4 is 9.47 Å². The normalized spacial score (nSPS) is 14.7. The number of rotatable bonds is 10. The Kier molecular flexibility index (Phi) is 9.27. The molecule has 0 unspecified atom stereocenters. The van der Waals surface area contributed by atoms with Crippen molar-refractivity contribution >= 4 is 50.9 Å². The van der Waals surface area contributed by atoms with Gasteiger partial charge in [-0.1, -0.05) is 19.3 Å². The van der Waals surface area contributed by atoms with E-state index >= 15 is 0 Å². The second-order valence-corrected chi connectivity index (χ2v) is 7.95. The molecule has 0 N–H and O–H groups in total. The van der Waals surface area contributed by atoms with E-state index in [1.54, 1.807) is 18.2 Å². The number of hydrogen-bond donors (Lipinski definition) is 0. The van der Waals surface area contributed by atoms with Gasteiger partial charge >= 0.3 is 5.97 Å². The number of benzene rings is 1. The van der Waals surface area contributed by atoms with Crippen LogP contribution in [0.15, 0.2) is 21.5 Å². The van der Waals surface area contributed by atoms with Crippen LogP contribution in [-0.2, 0) is 14.3 Å². The minimum Gasteiger partial charge on any atom is -0.490 e. The highest BCUT2D eigenvalue weighted by Gasteiger charge is 2.36. The summed E-state index contributed by atoms with van der Waals surface area (Å²) in [7, 11) is 0. The van der Waals surface area contributed by atoms with Crippen LogP contribution in [-0.4, -0.2) is 48.4 Å². The van der Waals surface area contributed by atoms with Gasteiger partial charge in [0.2, 0.25) is 0 Å². The summed E-state index contributed by atoms with van der Waals surface area (Å²) in [6.45, 7) is 4.14. The Bertz CT molecular complexity index is 892. The monoisotopic (exact) mass is 495 g/mol. The van der Waals surface area contributed by atoms with Crippen molar-refractivity contribution in [2.24, 2.45) is 0 Å². The van der Waals surface area contributed by atoms with Crippen LogP contribution in [0.4, 0.5) is 4.79 Å². The molecule has 0 radical (unpaired) electrons. The van der Waals surface area contributed by atoms with Gasteiger partial charge in [-0.25, -0.2) is 0 Å². The van der Waals surface area contributed by atoms with E-state index in [0.29, 0.717) is 28.1 Å². The first-order valence-corrected chi connectivity index (χ1v) is 11.0. The molecule has 1 aromatic carbocycles. The Morgan fingerprint density at radius 1 is 1.30 bits per heavy atom. The summed E-state index contributed by atoms with van der Waals surface area (Å²) in [6, 6.07) is 3.41. The van der Waals surface area contributed by atoms with Crippen molar-refractivity contribution in [1.82, 2.24) is 4.90 Å². The van der Waals surface area contributed by atoms with Crippen molar-refractivity contribution in [2.75, 3.05) is 26.4 Å². The van der Waals surface area contributed by atoms with Crippen molar-refractivity contribution in [3.63, 3.8) is 0 Å². The van der Waals surface area contributed by atoms with Crippen LogP contribution >= 0.6 is 27.7 Å². The fourth-order valence-corrected chi connectivity index (χ4v) is 3.89. The predicted molar refractivity (Wildman–Crippen MR) is 118 cm³/mol. The van der Waals surface area contributed by atoms with Crippen LogP contribution in [0.1, 0.15) is 32.3 Å². The van der Waals surface area contributed by atoms with Crippen LogP contribution in [0.5, 0.6) is 11.5 Å². The Balaban J connectivity index is 2.20. The third-order valence-corrected chi connectivity index (χ3v) is 5.35. The van der Waals surface area contributed by atoms with E-state index in [0.717, 1.165) is 29.5 Å². The molecule has 0 aromatic heterocycles. The number of carbonyl (C=O) groups excluding carboxylic acids is 3. The van der Waals surface area contributed by atoms with Gasteiger partial charge in [0.25, 0.3) is 11.1 Å². The molecule has 0 spiro atoms. The summed E-state index contributed by atoms with van der Waals surface area (Å²) in [5.74, 6) is 2.15. The Labute approximate surface area is 188 Å². The highest BCUT2D eigenvalue weighted by Crippen LogP contribution is 2.39. The molecule has 30 heavy (non-hydrogen) atoms. The average Bonchev–Trinajstić information content (AvgIpc) is 2.95. The Morgan fingerprint density at radius 2 is 2.07 bits per heavy atom. The maximum absolute atomic E-state index is 12.6. The number of esters is 1. The highest BCUT2D eigenvalue weighted by molar-refractivity contribution is 9.10. The molecule has 2 amide bonds. The van der Waals surface area contributed by atoms with E-state index in [9.17, 15) is 14.4 Å². The van der Waals surface area contributed by atoms with Crippen molar-refractivity contribution < 1.29 is 28.6 Å². The quantitative estimate of drug-likeness (QED) is 0.207. The summed E-state index contributed by atoms with van der Waals surface area (Å²) in [6.07, 6.45) is 8.42. The molecule has 0 saturated carbocycles. The lowest BCUT2D eigenvalue weighted by Crippen LogP contribution is -2.34. The number of unbranched alkanes of at least 4 members (excludes halogenated alkanes) is 1. The van der Waals surface area contributed by atoms with Gasteiger partial charge in [0, 0.05) is 0 Å². The standard InChI is InChI=1S/C21H22BrNO6S/c1-4-7-9-28-18(24)13-23-20(25)17(30-21(23)26)12-14-10-15(22)19(29-8-5-2)16(11-14)27-6-3/h2,10-12H,4,6-9,13H2,1,3H3/b17-12-. The Hall–Kier alpha value is -2.44. The van der Waals surface area contributed by atoms with Gasteiger partial charge < -0.3 is 14.2 Å². The van der Waals surface area contributed by atoms with E-state index in [-0.39, 0.29) is 18.1 Å². The summed E-state index contributed by atoms with van der Waals surface area (Å²) in [5.41, 5.74) is 0.620. The van der Waals surface area contributed by atoms with Gasteiger partial charge in [-0.3, -0.25) is 19.3 Å². The smallest absolute Gasteiger partial charge is 0.326 e. The molecule has 1 fully saturated rings. The number of halogens is 1. The van der Waals surface area contributed by atoms with Gasteiger partial charge in [0.1, 0.15) is 13.2 Å². The molecule has 9 heteroatoms. The lowest BCUT2D eigenvalue weighted by Gasteiger charge is -2.13. The van der Waals surface area contributed by atoms with Crippen molar-refractivity contribution in [1.29, 1.82) is 0 Å². The third-order valence-electron chi connectivity index (χ3n) is 3.85. The highest BCUT2D eigenvalue weighted by atomic mass is 79.9. The number of nitrogens with zero attached hydrogens (tertiary/aromatic N) is 1. The van der Waals surface area contributed by atoms with E-state index in [1.165, 1.54) is 0 Å². The van der Waals surface area contributed by atoms with E-state index in [2.05, 4.69) is 21.9 Å². The first-order valence-electron chi connectivity index (χ1n) is 9.34. The number of ether oxygens (including phenoxy) is 3. The minimum atomic E-state index is -0.608. The molecule has 0 aliphatic carbocycles. The minimum absolute atomic E-state index is 0.0747. The largest absolute Gasteiger partial charge is 0.490 e. The SMILES string of the molecule is C#CCOc1c(Br)cc(/C=C2\SC(=O)N(CC(=O)OCCCC)C2=O)cc1OCC. The van der Waals surface area contributed by atoms with E-state index in [1.807, 2.05) is 13.8 Å². The zero-order chi connectivity index (χ0) is 22.1. The van der Waals surface area contributed by atoms with Crippen molar-refractivity contribution in [3.8, 4) is 23.8 Å². The van der Waals surface area contributed by atoms with Crippen LogP contribution in [0, 0.1) is 12.3 Å². The molecule has 2 rings (SSSR count). The van der Waals surface area contributed by atoms with Gasteiger partial charge in [-0.15, -0.1) is 6.42 Å². The Morgan fingerprint density at radius 3 is 2.73 bits per heavy atom. The number of carbonyl (C=O) groups is 3. The van der Waals surface area contributed by atoms with Crippen molar-refractivity contribution in [3.05, 3.63) is 27.1 Å². The van der Waals surface area contributed by atoms with Crippen LogP contribution in [0.2, 0.25) is 0 Å². The number of terminal acetylenes is 1. The second-order valence-electron chi connectivity index (χ2n) is 6.10. The van der Waals surface area contributed by atoms with Crippen LogP contribution in [0.3, 0.4) is 0 Å². The summed E-state index contributed by atoms with van der Waals surface area (Å²) in [4.78, 5) is 37.8. The van der Waals surface area contributed by atoms with E-state index in [4.69, 9.17) is 20.6 Å². The fourth-order valence-electron chi connectivity index (χ4n) is 2.48. The number of thioether (sulfide) groups is 1. The first kappa shape index (κ1) is 23.8. The predicted octanol–water partition coefficient (Wildman–Crippen LogP) is 4.24. The maximum atomic E-state index is 12.6. The van der Waals surface area contributed by atoms with Gasteiger partial charge in [-0.2, -0.15) is 0 Å². The van der Waals surface area contributed by atoms with Crippen LogP contribution in [0.25, 0.3) is 6.08 Å². The lowest BCUT2D eigenvalue weighted by atomic mass is 10.2. The average molecular weight is 496 g/mol. The molecule has 160 valence electrons. The fraction of sp³-hybridized carbons (Fsp3) is 0.381. The van der Waals surface area contributed by atoms with Gasteiger partial charge in [-0.05, 0) is 64.8 Å². The molecule has 1 heterocycles. The summed E-state index contributed by atoms with van der Waals surface area (Å²) in [5, 5.41) is -0.517. The third kappa shape index (κ3) is 6.28. The van der Waals surface area contributed by atoms with E-state index < -0.39 is 23.7 Å². The summed E-state index contributed by atoms with van der Waals surface area (Å²) >= 11 is 4.18. The zero-order valence-corrected chi connectivity index (χ0v) is 19.1. The number of imide groups is 1. The maximum Gasteiger partial charge on any atom is 0.326 e. The number of hydrogen-bond acceptors (Lipinski definition) is 7. The van der Waals surface area contributed by atoms with Gasteiger partial charge in [0.05, 0.1) is 22.6 Å². The number of amides is 2. The molecule has 7 nitrogen and oxygen atoms in total. The molecular weight excluding hydrogens is 474 g/mol.